The summed E-state index contributed by atoms with van der Waals surface area (Å²) < 4.78 is 0. The number of anilines is 1. The molecule has 7 heteroatoms. The van der Waals surface area contributed by atoms with Crippen LogP contribution in [0.3, 0.4) is 0 Å². The number of azide groups is 1. The highest BCUT2D eigenvalue weighted by Crippen LogP contribution is 2.22. The molecule has 0 spiro atoms. The van der Waals surface area contributed by atoms with Crippen molar-refractivity contribution in [3.8, 4) is 0 Å². The number of aryl methyl sites for hydroxylation is 1. The van der Waals surface area contributed by atoms with Gasteiger partial charge in [0.05, 0.1) is 0 Å². The fourth-order valence-electron chi connectivity index (χ4n) is 1.81. The lowest BCUT2D eigenvalue weighted by Gasteiger charge is -2.13. The third-order valence-corrected chi connectivity index (χ3v) is 2.63. The van der Waals surface area contributed by atoms with Crippen LogP contribution in [0.1, 0.15) is 12.1 Å². The number of carbonyl (C=O) groups is 1. The van der Waals surface area contributed by atoms with Gasteiger partial charge in [-0.1, -0.05) is 5.11 Å². The van der Waals surface area contributed by atoms with Crippen molar-refractivity contribution < 1.29 is 4.79 Å². The zero-order valence-electron chi connectivity index (χ0n) is 9.44. The minimum absolute atomic E-state index is 0.0197. The monoisotopic (exact) mass is 232 g/mol. The van der Waals surface area contributed by atoms with Crippen LogP contribution in [-0.4, -0.2) is 29.0 Å². The van der Waals surface area contributed by atoms with Crippen molar-refractivity contribution >= 4 is 11.9 Å². The molecule has 1 fully saturated rings. The Kier molecular flexibility index (Phi) is 3.20. The van der Waals surface area contributed by atoms with Crippen LogP contribution < -0.4 is 4.90 Å². The van der Waals surface area contributed by atoms with Gasteiger partial charge in [0.1, 0.15) is 0 Å². The van der Waals surface area contributed by atoms with E-state index in [1.807, 2.05) is 6.92 Å². The van der Waals surface area contributed by atoms with Crippen LogP contribution in [0, 0.1) is 12.8 Å². The van der Waals surface area contributed by atoms with E-state index < -0.39 is 0 Å². The highest BCUT2D eigenvalue weighted by Gasteiger charge is 2.31. The van der Waals surface area contributed by atoms with Gasteiger partial charge >= 0.3 is 0 Å². The molecule has 1 atom stereocenters. The number of aromatic nitrogens is 2. The SMILES string of the molecule is Cc1ccnc(N2CC(CN=[N+]=[N-])CC2=O)n1. The van der Waals surface area contributed by atoms with Gasteiger partial charge in [-0.25, -0.2) is 9.97 Å². The summed E-state index contributed by atoms with van der Waals surface area (Å²) in [7, 11) is 0. The molecule has 17 heavy (non-hydrogen) atoms. The first-order valence-corrected chi connectivity index (χ1v) is 5.31. The van der Waals surface area contributed by atoms with E-state index in [1.54, 1.807) is 17.2 Å². The highest BCUT2D eigenvalue weighted by molar-refractivity contribution is 5.94. The number of hydrogen-bond acceptors (Lipinski definition) is 4. The summed E-state index contributed by atoms with van der Waals surface area (Å²) in [6.45, 7) is 2.70. The molecule has 0 aliphatic carbocycles. The first kappa shape index (κ1) is 11.3. The lowest BCUT2D eigenvalue weighted by molar-refractivity contribution is -0.117. The van der Waals surface area contributed by atoms with Crippen LogP contribution in [0.5, 0.6) is 0 Å². The van der Waals surface area contributed by atoms with Gasteiger partial charge in [0.2, 0.25) is 11.9 Å². The lowest BCUT2D eigenvalue weighted by atomic mass is 10.1. The number of hydrogen-bond donors (Lipinski definition) is 0. The van der Waals surface area contributed by atoms with Gasteiger partial charge in [-0.05, 0) is 24.4 Å². The average molecular weight is 232 g/mol. The fraction of sp³-hybridized carbons (Fsp3) is 0.500. The molecule has 88 valence electrons. The minimum Gasteiger partial charge on any atom is -0.280 e. The quantitative estimate of drug-likeness (QED) is 0.448. The second kappa shape index (κ2) is 4.80. The molecule has 1 amide bonds. The third-order valence-electron chi connectivity index (χ3n) is 2.63. The van der Waals surface area contributed by atoms with Crippen molar-refractivity contribution in [1.82, 2.24) is 9.97 Å². The molecule has 0 radical (unpaired) electrons. The number of rotatable bonds is 3. The Bertz CT molecular complexity index is 481. The third kappa shape index (κ3) is 2.51. The first-order chi connectivity index (χ1) is 8.20. The zero-order valence-corrected chi connectivity index (χ0v) is 9.44. The van der Waals surface area contributed by atoms with E-state index in [0.717, 1.165) is 5.69 Å². The van der Waals surface area contributed by atoms with Crippen molar-refractivity contribution in [1.29, 1.82) is 0 Å². The van der Waals surface area contributed by atoms with E-state index in [-0.39, 0.29) is 11.8 Å². The Hall–Kier alpha value is -2.14. The van der Waals surface area contributed by atoms with Crippen LogP contribution in [0.25, 0.3) is 10.4 Å². The van der Waals surface area contributed by atoms with Crippen LogP contribution in [0.2, 0.25) is 0 Å². The van der Waals surface area contributed by atoms with Crippen molar-refractivity contribution in [2.24, 2.45) is 11.0 Å². The van der Waals surface area contributed by atoms with E-state index in [4.69, 9.17) is 5.53 Å². The molecule has 1 aromatic rings. The summed E-state index contributed by atoms with van der Waals surface area (Å²) in [6, 6.07) is 1.78. The number of amides is 1. The predicted octanol–water partition coefficient (Wildman–Crippen LogP) is 1.45. The summed E-state index contributed by atoms with van der Waals surface area (Å²) in [4.78, 5) is 24.3. The Morgan fingerprint density at radius 3 is 3.24 bits per heavy atom. The lowest BCUT2D eigenvalue weighted by Crippen LogP contribution is -2.27. The molecule has 1 unspecified atom stereocenters. The summed E-state index contributed by atoms with van der Waals surface area (Å²) in [5, 5.41) is 3.49. The summed E-state index contributed by atoms with van der Waals surface area (Å²) in [5.41, 5.74) is 9.07. The van der Waals surface area contributed by atoms with Gasteiger partial charge < -0.3 is 0 Å². The molecule has 0 aromatic carbocycles. The van der Waals surface area contributed by atoms with Crippen molar-refractivity contribution in [2.45, 2.75) is 13.3 Å². The molecule has 7 nitrogen and oxygen atoms in total. The number of carbonyl (C=O) groups excluding carboxylic acids is 1. The maximum atomic E-state index is 11.8. The second-order valence-corrected chi connectivity index (χ2v) is 3.99. The molecule has 1 aliphatic rings. The zero-order chi connectivity index (χ0) is 12.3. The first-order valence-electron chi connectivity index (χ1n) is 5.31. The number of nitrogens with zero attached hydrogens (tertiary/aromatic N) is 6. The van der Waals surface area contributed by atoms with E-state index in [2.05, 4.69) is 20.0 Å². The molecule has 1 saturated heterocycles. The molecule has 2 rings (SSSR count). The summed E-state index contributed by atoms with van der Waals surface area (Å²) in [6.07, 6.45) is 2.02. The second-order valence-electron chi connectivity index (χ2n) is 3.99. The largest absolute Gasteiger partial charge is 0.280 e. The van der Waals surface area contributed by atoms with Crippen molar-refractivity contribution in [3.63, 3.8) is 0 Å². The standard InChI is InChI=1S/C10H12N6O/c1-7-2-3-12-10(14-7)16-6-8(4-9(16)17)5-13-15-11/h2-3,8H,4-6H2,1H3. The van der Waals surface area contributed by atoms with Gasteiger partial charge in [0.15, 0.2) is 0 Å². The van der Waals surface area contributed by atoms with Crippen molar-refractivity contribution in [3.05, 3.63) is 28.4 Å². The maximum absolute atomic E-state index is 11.8. The molecule has 0 bridgehead atoms. The van der Waals surface area contributed by atoms with E-state index in [9.17, 15) is 4.79 Å². The van der Waals surface area contributed by atoms with E-state index in [0.29, 0.717) is 25.5 Å². The Morgan fingerprint density at radius 2 is 2.53 bits per heavy atom. The van der Waals surface area contributed by atoms with Gasteiger partial charge in [0.25, 0.3) is 0 Å². The minimum atomic E-state index is -0.0197. The Balaban J connectivity index is 2.12. The Morgan fingerprint density at radius 1 is 1.71 bits per heavy atom. The van der Waals surface area contributed by atoms with Crippen molar-refractivity contribution in [2.75, 3.05) is 18.0 Å². The molecule has 1 aliphatic heterocycles. The highest BCUT2D eigenvalue weighted by atomic mass is 16.2. The molecular formula is C10H12N6O. The van der Waals surface area contributed by atoms with Crippen LogP contribution in [-0.2, 0) is 4.79 Å². The van der Waals surface area contributed by atoms with Gasteiger partial charge in [-0.3, -0.25) is 9.69 Å². The summed E-state index contributed by atoms with van der Waals surface area (Å²) >= 11 is 0. The molecule has 0 saturated carbocycles. The van der Waals surface area contributed by atoms with E-state index in [1.165, 1.54) is 0 Å². The van der Waals surface area contributed by atoms with Gasteiger partial charge in [-0.2, -0.15) is 0 Å². The normalized spacial score (nSPS) is 19.2. The summed E-state index contributed by atoms with van der Waals surface area (Å²) in [5.74, 6) is 0.467. The van der Waals surface area contributed by atoms with Crippen LogP contribution in [0.4, 0.5) is 5.95 Å². The molecule has 0 N–H and O–H groups in total. The maximum Gasteiger partial charge on any atom is 0.232 e. The van der Waals surface area contributed by atoms with Gasteiger partial charge in [-0.15, -0.1) is 0 Å². The smallest absolute Gasteiger partial charge is 0.232 e. The fourth-order valence-corrected chi connectivity index (χ4v) is 1.81. The average Bonchev–Trinajstić information content (AvgIpc) is 2.68. The molecule has 2 heterocycles. The van der Waals surface area contributed by atoms with Crippen LogP contribution >= 0.6 is 0 Å². The van der Waals surface area contributed by atoms with Crippen LogP contribution in [0.15, 0.2) is 17.4 Å². The van der Waals surface area contributed by atoms with Gasteiger partial charge in [0, 0.05) is 36.3 Å². The van der Waals surface area contributed by atoms with E-state index >= 15 is 0 Å². The Labute approximate surface area is 98.1 Å². The topological polar surface area (TPSA) is 94.9 Å². The molecule has 1 aromatic heterocycles. The molecular weight excluding hydrogens is 220 g/mol. The predicted molar refractivity (Wildman–Crippen MR) is 61.2 cm³/mol.